The summed E-state index contributed by atoms with van der Waals surface area (Å²) in [6, 6.07) is 14.6. The predicted octanol–water partition coefficient (Wildman–Crippen LogP) is 4.00. The summed E-state index contributed by atoms with van der Waals surface area (Å²) in [6.07, 6.45) is 0.668. The van der Waals surface area contributed by atoms with Crippen LogP contribution >= 0.6 is 0 Å². The van der Waals surface area contributed by atoms with E-state index in [1.807, 2.05) is 24.3 Å². The number of para-hydroxylation sites is 1. The Labute approximate surface area is 159 Å². The van der Waals surface area contributed by atoms with Crippen molar-refractivity contribution in [3.8, 4) is 0 Å². The van der Waals surface area contributed by atoms with Crippen molar-refractivity contribution >= 4 is 23.4 Å². The maximum absolute atomic E-state index is 12.3. The normalized spacial score (nSPS) is 13.7. The highest BCUT2D eigenvalue weighted by Gasteiger charge is 2.34. The molecule has 3 amide bonds. The quantitative estimate of drug-likeness (QED) is 0.816. The lowest BCUT2D eigenvalue weighted by atomic mass is 9.86. The van der Waals surface area contributed by atoms with Gasteiger partial charge in [-0.3, -0.25) is 19.3 Å². The number of carbonyl (C=O) groups excluding carboxylic acids is 3. The number of amides is 3. The van der Waals surface area contributed by atoms with Gasteiger partial charge in [-0.05, 0) is 35.6 Å². The maximum Gasteiger partial charge on any atom is 0.261 e. The molecule has 0 saturated carbocycles. The molecule has 0 aliphatic carbocycles. The Morgan fingerprint density at radius 2 is 1.48 bits per heavy atom. The molecule has 0 radical (unpaired) electrons. The number of hydrogen-bond donors (Lipinski definition) is 1. The summed E-state index contributed by atoms with van der Waals surface area (Å²) in [4.78, 5) is 38.2. The summed E-state index contributed by atoms with van der Waals surface area (Å²) >= 11 is 0. The molecule has 140 valence electrons. The van der Waals surface area contributed by atoms with Gasteiger partial charge >= 0.3 is 0 Å². The largest absolute Gasteiger partial charge is 0.326 e. The molecule has 3 rings (SSSR count). The van der Waals surface area contributed by atoms with Crippen LogP contribution in [-0.4, -0.2) is 29.2 Å². The number of benzene rings is 2. The zero-order chi connectivity index (χ0) is 19.6. The van der Waals surface area contributed by atoms with Gasteiger partial charge in [0.1, 0.15) is 0 Å². The molecule has 5 heteroatoms. The van der Waals surface area contributed by atoms with E-state index in [2.05, 4.69) is 26.1 Å². The van der Waals surface area contributed by atoms with Crippen LogP contribution in [0.4, 0.5) is 5.69 Å². The highest BCUT2D eigenvalue weighted by Crippen LogP contribution is 2.29. The van der Waals surface area contributed by atoms with Crippen LogP contribution in [0.25, 0.3) is 0 Å². The van der Waals surface area contributed by atoms with Crippen molar-refractivity contribution in [2.24, 2.45) is 0 Å². The van der Waals surface area contributed by atoms with Crippen molar-refractivity contribution in [3.63, 3.8) is 0 Å². The summed E-state index contributed by atoms with van der Waals surface area (Å²) in [7, 11) is 0. The highest BCUT2D eigenvalue weighted by molar-refractivity contribution is 6.21. The molecule has 0 spiro atoms. The predicted molar refractivity (Wildman–Crippen MR) is 105 cm³/mol. The minimum atomic E-state index is -0.283. The highest BCUT2D eigenvalue weighted by atomic mass is 16.2. The lowest BCUT2D eigenvalue weighted by molar-refractivity contribution is -0.116. The minimum absolute atomic E-state index is 0.0793. The van der Waals surface area contributed by atoms with Gasteiger partial charge in [-0.25, -0.2) is 0 Å². The fraction of sp³-hybridized carbons (Fsp3) is 0.318. The van der Waals surface area contributed by atoms with E-state index < -0.39 is 0 Å². The Bertz CT molecular complexity index is 861. The molecule has 0 atom stereocenters. The number of carbonyl (C=O) groups is 3. The summed E-state index contributed by atoms with van der Waals surface area (Å²) in [5.74, 6) is -0.688. The molecular weight excluding hydrogens is 340 g/mol. The number of imide groups is 1. The average Bonchev–Trinajstić information content (AvgIpc) is 2.86. The van der Waals surface area contributed by atoms with Crippen LogP contribution < -0.4 is 5.32 Å². The molecule has 5 nitrogen and oxygen atoms in total. The third-order valence-corrected chi connectivity index (χ3v) is 4.67. The maximum atomic E-state index is 12.3. The Morgan fingerprint density at radius 1 is 0.926 bits per heavy atom. The molecule has 2 aromatic rings. The van der Waals surface area contributed by atoms with Crippen molar-refractivity contribution in [2.75, 3.05) is 11.9 Å². The van der Waals surface area contributed by atoms with Crippen molar-refractivity contribution in [1.29, 1.82) is 0 Å². The van der Waals surface area contributed by atoms with Crippen LogP contribution in [0.5, 0.6) is 0 Å². The van der Waals surface area contributed by atoms with Gasteiger partial charge in [0, 0.05) is 18.7 Å². The van der Waals surface area contributed by atoms with E-state index in [1.54, 1.807) is 24.3 Å². The number of rotatable bonds is 5. The van der Waals surface area contributed by atoms with Crippen LogP contribution in [-0.2, 0) is 10.2 Å². The van der Waals surface area contributed by atoms with Crippen LogP contribution in [0.3, 0.4) is 0 Å². The molecule has 1 heterocycles. The third kappa shape index (κ3) is 3.92. The molecule has 0 fully saturated rings. The molecule has 0 unspecified atom stereocenters. The Hall–Kier alpha value is -2.95. The van der Waals surface area contributed by atoms with Crippen LogP contribution in [0.1, 0.15) is 59.9 Å². The molecule has 0 saturated heterocycles. The van der Waals surface area contributed by atoms with Crippen LogP contribution in [0.15, 0.2) is 48.5 Å². The zero-order valence-electron chi connectivity index (χ0n) is 15.9. The van der Waals surface area contributed by atoms with Crippen molar-refractivity contribution in [2.45, 2.75) is 39.0 Å². The van der Waals surface area contributed by atoms with Crippen molar-refractivity contribution in [3.05, 3.63) is 65.2 Å². The molecule has 1 aliphatic heterocycles. The van der Waals surface area contributed by atoms with E-state index in [-0.39, 0.29) is 36.1 Å². The van der Waals surface area contributed by atoms with E-state index in [4.69, 9.17) is 0 Å². The van der Waals surface area contributed by atoms with E-state index >= 15 is 0 Å². The Balaban J connectivity index is 1.57. The van der Waals surface area contributed by atoms with Crippen LogP contribution in [0.2, 0.25) is 0 Å². The van der Waals surface area contributed by atoms with Gasteiger partial charge in [-0.2, -0.15) is 0 Å². The standard InChI is InChI=1S/C22H24N2O3/c1-22(2,3)17-11-6-7-12-18(17)23-19(25)13-8-14-24-20(26)15-9-4-5-10-16(15)21(24)27/h4-7,9-12H,8,13-14H2,1-3H3,(H,23,25). The smallest absolute Gasteiger partial charge is 0.261 e. The summed E-state index contributed by atoms with van der Waals surface area (Å²) < 4.78 is 0. The monoisotopic (exact) mass is 364 g/mol. The molecular formula is C22H24N2O3. The topological polar surface area (TPSA) is 66.5 Å². The number of nitrogens with one attached hydrogen (secondary N) is 1. The zero-order valence-corrected chi connectivity index (χ0v) is 15.9. The summed E-state index contributed by atoms with van der Waals surface area (Å²) in [5, 5.41) is 2.95. The number of fused-ring (bicyclic) bond motifs is 1. The van der Waals surface area contributed by atoms with Gasteiger partial charge in [0.05, 0.1) is 11.1 Å². The summed E-state index contributed by atoms with van der Waals surface area (Å²) in [6.45, 7) is 6.53. The molecule has 2 aromatic carbocycles. The third-order valence-electron chi connectivity index (χ3n) is 4.67. The SMILES string of the molecule is CC(C)(C)c1ccccc1NC(=O)CCCN1C(=O)c2ccccc2C1=O. The van der Waals surface area contributed by atoms with Gasteiger partial charge in [-0.1, -0.05) is 51.1 Å². The first kappa shape index (κ1) is 18.8. The van der Waals surface area contributed by atoms with Gasteiger partial charge in [0.15, 0.2) is 0 Å². The Morgan fingerprint density at radius 3 is 2.07 bits per heavy atom. The second kappa shape index (κ2) is 7.35. The molecule has 0 aromatic heterocycles. The van der Waals surface area contributed by atoms with Gasteiger partial charge in [-0.15, -0.1) is 0 Å². The van der Waals surface area contributed by atoms with Crippen molar-refractivity contribution in [1.82, 2.24) is 4.90 Å². The average molecular weight is 364 g/mol. The van der Waals surface area contributed by atoms with Crippen molar-refractivity contribution < 1.29 is 14.4 Å². The van der Waals surface area contributed by atoms with E-state index in [9.17, 15) is 14.4 Å². The summed E-state index contributed by atoms with van der Waals surface area (Å²) in [5.41, 5.74) is 2.66. The number of anilines is 1. The fourth-order valence-electron chi connectivity index (χ4n) is 3.30. The second-order valence-corrected chi connectivity index (χ2v) is 7.75. The molecule has 1 aliphatic rings. The Kier molecular flexibility index (Phi) is 5.13. The number of nitrogens with zero attached hydrogens (tertiary/aromatic N) is 1. The van der Waals surface area contributed by atoms with E-state index in [1.165, 1.54) is 4.90 Å². The number of hydrogen-bond acceptors (Lipinski definition) is 3. The van der Waals surface area contributed by atoms with Gasteiger partial charge < -0.3 is 5.32 Å². The molecule has 1 N–H and O–H groups in total. The minimum Gasteiger partial charge on any atom is -0.326 e. The lowest BCUT2D eigenvalue weighted by Gasteiger charge is -2.23. The lowest BCUT2D eigenvalue weighted by Crippen LogP contribution is -2.31. The van der Waals surface area contributed by atoms with E-state index in [0.29, 0.717) is 17.5 Å². The second-order valence-electron chi connectivity index (χ2n) is 7.75. The van der Waals surface area contributed by atoms with Gasteiger partial charge in [0.25, 0.3) is 11.8 Å². The fourth-order valence-corrected chi connectivity index (χ4v) is 3.30. The first-order valence-electron chi connectivity index (χ1n) is 9.13. The van der Waals surface area contributed by atoms with Crippen LogP contribution in [0, 0.1) is 0 Å². The first-order valence-corrected chi connectivity index (χ1v) is 9.13. The first-order chi connectivity index (χ1) is 12.8. The van der Waals surface area contributed by atoms with E-state index in [0.717, 1.165) is 11.3 Å². The molecule has 0 bridgehead atoms. The molecule has 27 heavy (non-hydrogen) atoms. The van der Waals surface area contributed by atoms with Gasteiger partial charge in [0.2, 0.25) is 5.91 Å².